The molecule has 1 amide bonds. The molecule has 0 radical (unpaired) electrons. The van der Waals surface area contributed by atoms with Crippen molar-refractivity contribution in [3.63, 3.8) is 0 Å². The third kappa shape index (κ3) is 3.89. The maximum Gasteiger partial charge on any atom is 0.248 e. The Kier molecular flexibility index (Phi) is 5.10. The second kappa shape index (κ2) is 7.11. The van der Waals surface area contributed by atoms with Gasteiger partial charge in [0, 0.05) is 18.2 Å². The minimum absolute atomic E-state index is 0.0318. The molecule has 0 N–H and O–H groups in total. The number of fused-ring (bicyclic) bond motifs is 1. The van der Waals surface area contributed by atoms with Crippen molar-refractivity contribution in [2.24, 2.45) is 4.99 Å². The summed E-state index contributed by atoms with van der Waals surface area (Å²) in [6.07, 6.45) is 2.73. The molecule has 0 spiro atoms. The van der Waals surface area contributed by atoms with Crippen LogP contribution in [0.1, 0.15) is 12.0 Å². The third-order valence-electron chi connectivity index (χ3n) is 4.19. The summed E-state index contributed by atoms with van der Waals surface area (Å²) in [6, 6.07) is 9.73. The number of aliphatic imine (C=N–C) groups is 1. The Hall–Kier alpha value is -1.60. The van der Waals surface area contributed by atoms with Crippen molar-refractivity contribution in [1.29, 1.82) is 0 Å². The van der Waals surface area contributed by atoms with Gasteiger partial charge in [-0.1, -0.05) is 48.2 Å². The van der Waals surface area contributed by atoms with Crippen molar-refractivity contribution in [3.8, 4) is 0 Å². The number of hydrogen-bond acceptors (Lipinski definition) is 4. The predicted octanol–water partition coefficient (Wildman–Crippen LogP) is 1.90. The molecule has 5 nitrogen and oxygen atoms in total. The lowest BCUT2D eigenvalue weighted by atomic mass is 10.1. The largest absolute Gasteiger partial charge is 0.342 e. The van der Waals surface area contributed by atoms with Gasteiger partial charge >= 0.3 is 0 Å². The molecule has 1 aromatic carbocycles. The number of sulfone groups is 1. The zero-order valence-corrected chi connectivity index (χ0v) is 14.9. The summed E-state index contributed by atoms with van der Waals surface area (Å²) < 4.78 is 23.6. The third-order valence-corrected chi connectivity index (χ3v) is 7.44. The first kappa shape index (κ1) is 17.2. The molecule has 2 aliphatic heterocycles. The number of rotatable bonds is 5. The van der Waals surface area contributed by atoms with Crippen LogP contribution in [-0.4, -0.2) is 53.7 Å². The normalized spacial score (nSPS) is 26.5. The predicted molar refractivity (Wildman–Crippen MR) is 97.9 cm³/mol. The first-order valence-corrected chi connectivity index (χ1v) is 10.6. The van der Waals surface area contributed by atoms with Crippen LogP contribution in [0.5, 0.6) is 0 Å². The highest BCUT2D eigenvalue weighted by Crippen LogP contribution is 2.38. The molecule has 128 valence electrons. The van der Waals surface area contributed by atoms with Gasteiger partial charge in [-0.2, -0.15) is 4.99 Å². The van der Waals surface area contributed by atoms with E-state index in [1.807, 2.05) is 35.2 Å². The van der Waals surface area contributed by atoms with E-state index in [0.717, 1.165) is 5.56 Å². The topological polar surface area (TPSA) is 66.8 Å². The van der Waals surface area contributed by atoms with Crippen LogP contribution in [0, 0.1) is 0 Å². The summed E-state index contributed by atoms with van der Waals surface area (Å²) in [6.45, 7) is 4.23. The fourth-order valence-corrected chi connectivity index (χ4v) is 7.02. The Morgan fingerprint density at radius 3 is 2.79 bits per heavy atom. The summed E-state index contributed by atoms with van der Waals surface area (Å²) >= 11 is 1.41. The molecule has 2 aliphatic rings. The van der Waals surface area contributed by atoms with Crippen molar-refractivity contribution in [2.45, 2.75) is 24.1 Å². The van der Waals surface area contributed by atoms with E-state index in [1.54, 1.807) is 6.08 Å². The number of aryl methyl sites for hydroxylation is 1. The van der Waals surface area contributed by atoms with Crippen molar-refractivity contribution in [3.05, 3.63) is 48.6 Å². The summed E-state index contributed by atoms with van der Waals surface area (Å²) in [7, 11) is -2.99. The molecule has 0 saturated carbocycles. The fraction of sp³-hybridized carbons (Fsp3) is 0.412. The highest BCUT2D eigenvalue weighted by atomic mass is 32.2. The molecule has 1 aromatic rings. The van der Waals surface area contributed by atoms with Crippen molar-refractivity contribution in [2.75, 3.05) is 18.1 Å². The van der Waals surface area contributed by atoms with E-state index in [0.29, 0.717) is 24.6 Å². The number of nitrogens with zero attached hydrogens (tertiary/aromatic N) is 2. The molecule has 0 aliphatic carbocycles. The molecule has 0 aromatic heterocycles. The molecule has 7 heteroatoms. The van der Waals surface area contributed by atoms with Crippen LogP contribution in [0.15, 0.2) is 48.0 Å². The minimum Gasteiger partial charge on any atom is -0.342 e. The standard InChI is InChI=1S/C17H20N2O3S2/c1-2-10-19-14-11-24(21,22)12-15(14)23-17(19)18-16(20)9-8-13-6-4-3-5-7-13/h2-7,14-15H,1,8-12H2/t14-,15-/m1/s1. The summed E-state index contributed by atoms with van der Waals surface area (Å²) in [4.78, 5) is 18.4. The Balaban J connectivity index is 1.67. The Labute approximate surface area is 146 Å². The molecule has 2 saturated heterocycles. The molecular weight excluding hydrogens is 344 g/mol. The maximum absolute atomic E-state index is 12.2. The lowest BCUT2D eigenvalue weighted by molar-refractivity contribution is -0.117. The first-order chi connectivity index (χ1) is 11.5. The number of thioether (sulfide) groups is 1. The van der Waals surface area contributed by atoms with Gasteiger partial charge in [-0.15, -0.1) is 6.58 Å². The number of hydrogen-bond donors (Lipinski definition) is 0. The van der Waals surface area contributed by atoms with Gasteiger partial charge in [-0.25, -0.2) is 8.42 Å². The molecule has 3 rings (SSSR count). The van der Waals surface area contributed by atoms with Crippen molar-refractivity contribution < 1.29 is 13.2 Å². The minimum atomic E-state index is -2.99. The summed E-state index contributed by atoms with van der Waals surface area (Å²) in [5.74, 6) is 0.126. The molecular formula is C17H20N2O3S2. The number of carbonyl (C=O) groups excluding carboxylic acids is 1. The van der Waals surface area contributed by atoms with Gasteiger partial charge in [0.25, 0.3) is 0 Å². The van der Waals surface area contributed by atoms with Crippen LogP contribution in [0.2, 0.25) is 0 Å². The molecule has 2 atom stereocenters. The van der Waals surface area contributed by atoms with Gasteiger partial charge in [0.15, 0.2) is 15.0 Å². The monoisotopic (exact) mass is 364 g/mol. The highest BCUT2D eigenvalue weighted by molar-refractivity contribution is 8.15. The summed E-state index contributed by atoms with van der Waals surface area (Å²) in [5.41, 5.74) is 1.11. The lowest BCUT2D eigenvalue weighted by Gasteiger charge is -2.22. The zero-order valence-electron chi connectivity index (χ0n) is 13.3. The molecule has 2 heterocycles. The van der Waals surface area contributed by atoms with E-state index in [2.05, 4.69) is 11.6 Å². The van der Waals surface area contributed by atoms with E-state index in [1.165, 1.54) is 11.8 Å². The van der Waals surface area contributed by atoms with Crippen LogP contribution in [-0.2, 0) is 21.1 Å². The fourth-order valence-electron chi connectivity index (χ4n) is 3.05. The van der Waals surface area contributed by atoms with E-state index < -0.39 is 9.84 Å². The molecule has 2 fully saturated rings. The second-order valence-electron chi connectivity index (χ2n) is 6.02. The smallest absolute Gasteiger partial charge is 0.248 e. The highest BCUT2D eigenvalue weighted by Gasteiger charge is 2.48. The molecule has 0 unspecified atom stereocenters. The summed E-state index contributed by atoms with van der Waals surface area (Å²) in [5, 5.41) is 0.605. The first-order valence-electron chi connectivity index (χ1n) is 7.88. The van der Waals surface area contributed by atoms with E-state index in [4.69, 9.17) is 0 Å². The average molecular weight is 364 g/mol. The lowest BCUT2D eigenvalue weighted by Crippen LogP contribution is -2.37. The SMILES string of the molecule is C=CCN1C(=NC(=O)CCc2ccccc2)S[C@@H]2CS(=O)(=O)C[C@H]21. The van der Waals surface area contributed by atoms with Gasteiger partial charge in [0.2, 0.25) is 5.91 Å². The van der Waals surface area contributed by atoms with Gasteiger partial charge in [0.1, 0.15) is 0 Å². The number of amidine groups is 1. The number of carbonyl (C=O) groups is 1. The zero-order chi connectivity index (χ0) is 17.2. The maximum atomic E-state index is 12.2. The molecule has 0 bridgehead atoms. The van der Waals surface area contributed by atoms with Crippen LogP contribution < -0.4 is 0 Å². The van der Waals surface area contributed by atoms with E-state index in [-0.39, 0.29) is 28.7 Å². The van der Waals surface area contributed by atoms with Crippen molar-refractivity contribution >= 4 is 32.7 Å². The Bertz CT molecular complexity index is 759. The van der Waals surface area contributed by atoms with Gasteiger partial charge in [0.05, 0.1) is 17.5 Å². The van der Waals surface area contributed by atoms with Crippen LogP contribution in [0.4, 0.5) is 0 Å². The Morgan fingerprint density at radius 1 is 1.33 bits per heavy atom. The number of benzene rings is 1. The van der Waals surface area contributed by atoms with Gasteiger partial charge in [-0.3, -0.25) is 4.79 Å². The van der Waals surface area contributed by atoms with Crippen LogP contribution in [0.3, 0.4) is 0 Å². The van der Waals surface area contributed by atoms with Gasteiger partial charge < -0.3 is 4.90 Å². The van der Waals surface area contributed by atoms with Crippen molar-refractivity contribution in [1.82, 2.24) is 4.90 Å². The van der Waals surface area contributed by atoms with Gasteiger partial charge in [-0.05, 0) is 12.0 Å². The second-order valence-corrected chi connectivity index (χ2v) is 9.38. The van der Waals surface area contributed by atoms with E-state index in [9.17, 15) is 13.2 Å². The average Bonchev–Trinajstić information content (AvgIpc) is 2.99. The molecule has 24 heavy (non-hydrogen) atoms. The van der Waals surface area contributed by atoms with E-state index >= 15 is 0 Å². The number of amides is 1. The van der Waals surface area contributed by atoms with Crippen LogP contribution in [0.25, 0.3) is 0 Å². The Morgan fingerprint density at radius 2 is 2.08 bits per heavy atom. The van der Waals surface area contributed by atoms with Crippen LogP contribution >= 0.6 is 11.8 Å². The quantitative estimate of drug-likeness (QED) is 0.747.